The molecule has 0 aliphatic rings. The molecule has 0 saturated heterocycles. The minimum atomic E-state index is 0.483. The van der Waals surface area contributed by atoms with Crippen LogP contribution in [0, 0.1) is 0 Å². The molecule has 0 spiro atoms. The fourth-order valence-electron chi connectivity index (χ4n) is 2.27. The predicted molar refractivity (Wildman–Crippen MR) is 75.9 cm³/mol. The third-order valence-electron chi connectivity index (χ3n) is 3.15. The predicted octanol–water partition coefficient (Wildman–Crippen LogP) is 2.73. The van der Waals surface area contributed by atoms with Gasteiger partial charge < -0.3 is 15.0 Å². The van der Waals surface area contributed by atoms with Crippen LogP contribution in [0.2, 0.25) is 0 Å². The van der Waals surface area contributed by atoms with Gasteiger partial charge >= 0.3 is 0 Å². The van der Waals surface area contributed by atoms with Crippen molar-refractivity contribution in [2.75, 3.05) is 5.73 Å². The first-order chi connectivity index (χ1) is 9.25. The molecule has 19 heavy (non-hydrogen) atoms. The zero-order chi connectivity index (χ0) is 13.2. The lowest BCUT2D eigenvalue weighted by atomic mass is 10.1. The molecule has 0 bridgehead atoms. The zero-order valence-electron chi connectivity index (χ0n) is 10.7. The van der Waals surface area contributed by atoms with E-state index in [1.807, 2.05) is 31.3 Å². The molecule has 0 atom stereocenters. The molecule has 4 nitrogen and oxygen atoms in total. The smallest absolute Gasteiger partial charge is 0.138 e. The van der Waals surface area contributed by atoms with Crippen LogP contribution in [0.25, 0.3) is 10.9 Å². The molecule has 4 heteroatoms. The van der Waals surface area contributed by atoms with Gasteiger partial charge in [0.1, 0.15) is 12.4 Å². The van der Waals surface area contributed by atoms with Crippen LogP contribution in [0.3, 0.4) is 0 Å². The second-order valence-electron chi connectivity index (χ2n) is 4.48. The summed E-state index contributed by atoms with van der Waals surface area (Å²) in [6.07, 6.45) is 5.48. The maximum atomic E-state index is 6.06. The summed E-state index contributed by atoms with van der Waals surface area (Å²) in [6.45, 7) is 0.483. The Labute approximate surface area is 111 Å². The van der Waals surface area contributed by atoms with Crippen molar-refractivity contribution in [1.82, 2.24) is 9.55 Å². The van der Waals surface area contributed by atoms with Gasteiger partial charge in [0.05, 0.1) is 11.7 Å². The summed E-state index contributed by atoms with van der Waals surface area (Å²) >= 11 is 0. The molecule has 3 aromatic rings. The number of hydrogen-bond acceptors (Lipinski definition) is 3. The molecule has 0 aliphatic carbocycles. The Bertz CT molecular complexity index is 704. The Morgan fingerprint density at radius 2 is 2.16 bits per heavy atom. The minimum absolute atomic E-state index is 0.483. The molecule has 0 aliphatic heterocycles. The van der Waals surface area contributed by atoms with Gasteiger partial charge in [-0.3, -0.25) is 4.98 Å². The molecule has 0 unspecified atom stereocenters. The van der Waals surface area contributed by atoms with Gasteiger partial charge in [0.15, 0.2) is 0 Å². The van der Waals surface area contributed by atoms with Crippen molar-refractivity contribution in [1.29, 1.82) is 0 Å². The van der Waals surface area contributed by atoms with E-state index in [-0.39, 0.29) is 0 Å². The largest absolute Gasteiger partial charge is 0.487 e. The van der Waals surface area contributed by atoms with E-state index in [1.54, 1.807) is 12.4 Å². The van der Waals surface area contributed by atoms with Crippen molar-refractivity contribution in [3.63, 3.8) is 0 Å². The van der Waals surface area contributed by atoms with Crippen molar-refractivity contribution < 1.29 is 4.74 Å². The Balaban J connectivity index is 1.93. The monoisotopic (exact) mass is 253 g/mol. The lowest BCUT2D eigenvalue weighted by Gasteiger charge is -2.05. The van der Waals surface area contributed by atoms with Crippen molar-refractivity contribution in [3.05, 3.63) is 54.5 Å². The topological polar surface area (TPSA) is 53.1 Å². The van der Waals surface area contributed by atoms with Crippen molar-refractivity contribution in [2.45, 2.75) is 6.61 Å². The summed E-state index contributed by atoms with van der Waals surface area (Å²) in [5, 5.41) is 1.06. The van der Waals surface area contributed by atoms with Gasteiger partial charge in [0.25, 0.3) is 0 Å². The maximum absolute atomic E-state index is 6.06. The van der Waals surface area contributed by atoms with Gasteiger partial charge in [0, 0.05) is 36.1 Å². The van der Waals surface area contributed by atoms with Crippen LogP contribution in [0.5, 0.6) is 5.75 Å². The molecule has 3 rings (SSSR count). The molecule has 2 heterocycles. The van der Waals surface area contributed by atoms with Crippen molar-refractivity contribution in [3.8, 4) is 5.75 Å². The van der Waals surface area contributed by atoms with Crippen LogP contribution in [-0.2, 0) is 13.7 Å². The van der Waals surface area contributed by atoms with Crippen LogP contribution in [-0.4, -0.2) is 9.55 Å². The van der Waals surface area contributed by atoms with Gasteiger partial charge in [0.2, 0.25) is 0 Å². The fourth-order valence-corrected chi connectivity index (χ4v) is 2.27. The SMILES string of the molecule is Cn1cc(COc2cccnc2)c2c(N)cccc21. The van der Waals surface area contributed by atoms with Gasteiger partial charge in [-0.1, -0.05) is 6.07 Å². The zero-order valence-corrected chi connectivity index (χ0v) is 10.7. The van der Waals surface area contributed by atoms with Gasteiger partial charge in [-0.05, 0) is 24.3 Å². The molecular formula is C15H15N3O. The Morgan fingerprint density at radius 3 is 2.95 bits per heavy atom. The summed E-state index contributed by atoms with van der Waals surface area (Å²) < 4.78 is 7.80. The number of fused-ring (bicyclic) bond motifs is 1. The van der Waals surface area contributed by atoms with Gasteiger partial charge in [-0.2, -0.15) is 0 Å². The van der Waals surface area contributed by atoms with Crippen LogP contribution < -0.4 is 10.5 Å². The van der Waals surface area contributed by atoms with Crippen LogP contribution >= 0.6 is 0 Å². The summed E-state index contributed by atoms with van der Waals surface area (Å²) in [6, 6.07) is 9.67. The normalized spacial score (nSPS) is 10.8. The molecule has 2 aromatic heterocycles. The summed E-state index contributed by atoms with van der Waals surface area (Å²) in [4.78, 5) is 4.03. The van der Waals surface area contributed by atoms with E-state index in [1.165, 1.54) is 0 Å². The lowest BCUT2D eigenvalue weighted by molar-refractivity contribution is 0.306. The molecule has 0 radical (unpaired) electrons. The number of benzene rings is 1. The quantitative estimate of drug-likeness (QED) is 0.730. The highest BCUT2D eigenvalue weighted by Crippen LogP contribution is 2.27. The highest BCUT2D eigenvalue weighted by molar-refractivity contribution is 5.94. The lowest BCUT2D eigenvalue weighted by Crippen LogP contribution is -1.96. The van der Waals surface area contributed by atoms with E-state index >= 15 is 0 Å². The number of anilines is 1. The number of hydrogen-bond donors (Lipinski definition) is 1. The highest BCUT2D eigenvalue weighted by Gasteiger charge is 2.09. The molecule has 96 valence electrons. The maximum Gasteiger partial charge on any atom is 0.138 e. The summed E-state index contributed by atoms with van der Waals surface area (Å²) in [5.41, 5.74) is 9.04. The minimum Gasteiger partial charge on any atom is -0.487 e. The molecule has 1 aromatic carbocycles. The standard InChI is InChI=1S/C15H15N3O/c1-18-9-11(10-19-12-4-3-7-17-8-12)15-13(16)5-2-6-14(15)18/h2-9H,10,16H2,1H3. The van der Waals surface area contributed by atoms with E-state index in [0.717, 1.165) is 27.9 Å². The third-order valence-corrected chi connectivity index (χ3v) is 3.15. The van der Waals surface area contributed by atoms with E-state index in [4.69, 9.17) is 10.5 Å². The first-order valence-corrected chi connectivity index (χ1v) is 6.11. The Hall–Kier alpha value is -2.49. The van der Waals surface area contributed by atoms with Crippen LogP contribution in [0.15, 0.2) is 48.9 Å². The number of nitrogens with zero attached hydrogens (tertiary/aromatic N) is 2. The number of aromatic nitrogens is 2. The first-order valence-electron chi connectivity index (χ1n) is 6.11. The third kappa shape index (κ3) is 2.12. The number of aryl methyl sites for hydroxylation is 1. The number of pyridine rings is 1. The second-order valence-corrected chi connectivity index (χ2v) is 4.48. The fraction of sp³-hybridized carbons (Fsp3) is 0.133. The first kappa shape index (κ1) is 11.6. The van der Waals surface area contributed by atoms with E-state index in [2.05, 4.69) is 21.8 Å². The van der Waals surface area contributed by atoms with Crippen molar-refractivity contribution >= 4 is 16.6 Å². The summed E-state index contributed by atoms with van der Waals surface area (Å²) in [7, 11) is 2.01. The van der Waals surface area contributed by atoms with Crippen LogP contribution in [0.1, 0.15) is 5.56 Å². The number of nitrogens with two attached hydrogens (primary N) is 1. The average Bonchev–Trinajstić information content (AvgIpc) is 2.76. The number of ether oxygens (including phenoxy) is 1. The number of rotatable bonds is 3. The molecule has 0 fully saturated rings. The average molecular weight is 253 g/mol. The number of nitrogen functional groups attached to an aromatic ring is 1. The second kappa shape index (κ2) is 4.65. The Morgan fingerprint density at radius 1 is 1.26 bits per heavy atom. The Kier molecular flexibility index (Phi) is 2.83. The van der Waals surface area contributed by atoms with E-state index in [9.17, 15) is 0 Å². The molecule has 0 saturated carbocycles. The van der Waals surface area contributed by atoms with Gasteiger partial charge in [-0.25, -0.2) is 0 Å². The van der Waals surface area contributed by atoms with Gasteiger partial charge in [-0.15, -0.1) is 0 Å². The molecular weight excluding hydrogens is 238 g/mol. The van der Waals surface area contributed by atoms with E-state index < -0.39 is 0 Å². The van der Waals surface area contributed by atoms with Crippen LogP contribution in [0.4, 0.5) is 5.69 Å². The highest BCUT2D eigenvalue weighted by atomic mass is 16.5. The molecule has 2 N–H and O–H groups in total. The van der Waals surface area contributed by atoms with Crippen molar-refractivity contribution in [2.24, 2.45) is 7.05 Å². The summed E-state index contributed by atoms with van der Waals surface area (Å²) in [5.74, 6) is 0.758. The van der Waals surface area contributed by atoms with E-state index in [0.29, 0.717) is 6.61 Å². The molecule has 0 amide bonds.